The predicted octanol–water partition coefficient (Wildman–Crippen LogP) is 4.65. The van der Waals surface area contributed by atoms with Gasteiger partial charge >= 0.3 is 0 Å². The van der Waals surface area contributed by atoms with Crippen molar-refractivity contribution in [1.29, 1.82) is 0 Å². The van der Waals surface area contributed by atoms with E-state index in [9.17, 15) is 0 Å². The Morgan fingerprint density at radius 3 is 2.55 bits per heavy atom. The lowest BCUT2D eigenvalue weighted by Crippen LogP contribution is -2.00. The normalized spacial score (nSPS) is 12.8. The molecule has 1 N–H and O–H groups in total. The van der Waals surface area contributed by atoms with Gasteiger partial charge in [-0.05, 0) is 53.3 Å². The van der Waals surface area contributed by atoms with Gasteiger partial charge in [-0.15, -0.1) is 0 Å². The van der Waals surface area contributed by atoms with Crippen molar-refractivity contribution in [2.45, 2.75) is 19.3 Å². The minimum atomic E-state index is 0.380. The molecule has 2 aromatic heterocycles. The van der Waals surface area contributed by atoms with Crippen LogP contribution in [0.1, 0.15) is 30.4 Å². The van der Waals surface area contributed by atoms with Gasteiger partial charge in [0.25, 0.3) is 0 Å². The van der Waals surface area contributed by atoms with Crippen LogP contribution in [-0.2, 0) is 0 Å². The van der Waals surface area contributed by atoms with Crippen LogP contribution >= 0.6 is 0 Å². The average Bonchev–Trinajstić information content (AvgIpc) is 3.03. The molecule has 22 heavy (non-hydrogen) atoms. The van der Waals surface area contributed by atoms with Crippen molar-refractivity contribution in [3.8, 4) is 0 Å². The highest BCUT2D eigenvalue weighted by Crippen LogP contribution is 2.31. The molecule has 0 aliphatic rings. The molecule has 0 fully saturated rings. The van der Waals surface area contributed by atoms with E-state index >= 15 is 0 Å². The van der Waals surface area contributed by atoms with Crippen LogP contribution in [0.4, 0.5) is 0 Å². The zero-order valence-electron chi connectivity index (χ0n) is 12.5. The first-order valence-electron chi connectivity index (χ1n) is 7.63. The van der Waals surface area contributed by atoms with E-state index in [2.05, 4.69) is 64.3 Å². The third-order valence-corrected chi connectivity index (χ3v) is 4.28. The lowest BCUT2D eigenvalue weighted by atomic mass is 9.88. The van der Waals surface area contributed by atoms with Crippen molar-refractivity contribution in [2.75, 3.05) is 0 Å². The SMILES string of the molecule is CCC(c1ccc2[nH]ccc2c1)c1ccc2nccnc2c1. The molecule has 0 bridgehead atoms. The number of hydrogen-bond donors (Lipinski definition) is 1. The summed E-state index contributed by atoms with van der Waals surface area (Å²) in [5, 5.41) is 1.26. The molecule has 4 aromatic rings. The molecule has 0 aliphatic carbocycles. The number of H-pyrrole nitrogens is 1. The van der Waals surface area contributed by atoms with Crippen molar-refractivity contribution in [1.82, 2.24) is 15.0 Å². The second-order valence-corrected chi connectivity index (χ2v) is 5.59. The fourth-order valence-corrected chi connectivity index (χ4v) is 3.15. The third-order valence-electron chi connectivity index (χ3n) is 4.28. The molecule has 3 nitrogen and oxygen atoms in total. The largest absolute Gasteiger partial charge is 0.361 e. The van der Waals surface area contributed by atoms with E-state index in [1.807, 2.05) is 6.20 Å². The lowest BCUT2D eigenvalue weighted by Gasteiger charge is -2.16. The number of nitrogens with zero attached hydrogens (tertiary/aromatic N) is 2. The van der Waals surface area contributed by atoms with E-state index in [1.54, 1.807) is 12.4 Å². The van der Waals surface area contributed by atoms with Crippen LogP contribution in [-0.4, -0.2) is 15.0 Å². The Kier molecular flexibility index (Phi) is 3.11. The first kappa shape index (κ1) is 13.0. The zero-order chi connectivity index (χ0) is 14.9. The van der Waals surface area contributed by atoms with E-state index in [0.29, 0.717) is 5.92 Å². The fraction of sp³-hybridized carbons (Fsp3) is 0.158. The van der Waals surface area contributed by atoms with Gasteiger partial charge in [-0.3, -0.25) is 9.97 Å². The third kappa shape index (κ3) is 2.15. The number of hydrogen-bond acceptors (Lipinski definition) is 2. The molecule has 1 unspecified atom stereocenters. The number of rotatable bonds is 3. The minimum absolute atomic E-state index is 0.380. The molecule has 1 atom stereocenters. The standard InChI is InChI=1S/C19H17N3/c1-2-16(13-3-5-17-15(11-13)7-8-20-17)14-4-6-18-19(12-14)22-10-9-21-18/h3-12,16,20H,2H2,1H3. The summed E-state index contributed by atoms with van der Waals surface area (Å²) in [7, 11) is 0. The highest BCUT2D eigenvalue weighted by atomic mass is 14.8. The molecule has 0 amide bonds. The van der Waals surface area contributed by atoms with Crippen molar-refractivity contribution in [3.63, 3.8) is 0 Å². The van der Waals surface area contributed by atoms with Crippen LogP contribution < -0.4 is 0 Å². The van der Waals surface area contributed by atoms with Crippen LogP contribution in [0, 0.1) is 0 Å². The van der Waals surface area contributed by atoms with Crippen LogP contribution in [0.5, 0.6) is 0 Å². The van der Waals surface area contributed by atoms with Gasteiger partial charge in [-0.1, -0.05) is 19.1 Å². The Morgan fingerprint density at radius 2 is 1.68 bits per heavy atom. The summed E-state index contributed by atoms with van der Waals surface area (Å²) in [4.78, 5) is 12.0. The molecule has 2 heterocycles. The Labute approximate surface area is 129 Å². The fourth-order valence-electron chi connectivity index (χ4n) is 3.15. The number of nitrogens with one attached hydrogen (secondary N) is 1. The number of benzene rings is 2. The highest BCUT2D eigenvalue weighted by molar-refractivity contribution is 5.80. The Bertz CT molecular complexity index is 939. The Balaban J connectivity index is 1.81. The van der Waals surface area contributed by atoms with E-state index in [0.717, 1.165) is 17.5 Å². The van der Waals surface area contributed by atoms with Gasteiger partial charge in [0, 0.05) is 30.0 Å². The summed E-state index contributed by atoms with van der Waals surface area (Å²) in [6.45, 7) is 2.23. The maximum Gasteiger partial charge on any atom is 0.0889 e. The molecule has 108 valence electrons. The maximum absolute atomic E-state index is 4.43. The van der Waals surface area contributed by atoms with Gasteiger partial charge in [0.15, 0.2) is 0 Å². The smallest absolute Gasteiger partial charge is 0.0889 e. The minimum Gasteiger partial charge on any atom is -0.361 e. The molecule has 4 rings (SSSR count). The highest BCUT2D eigenvalue weighted by Gasteiger charge is 2.13. The van der Waals surface area contributed by atoms with Crippen LogP contribution in [0.15, 0.2) is 61.1 Å². The maximum atomic E-state index is 4.43. The quantitative estimate of drug-likeness (QED) is 0.595. The molecule has 0 saturated carbocycles. The molecular formula is C19H17N3. The summed E-state index contributed by atoms with van der Waals surface area (Å²) < 4.78 is 0. The van der Waals surface area contributed by atoms with Gasteiger partial charge < -0.3 is 4.98 Å². The number of fused-ring (bicyclic) bond motifs is 2. The van der Waals surface area contributed by atoms with Gasteiger partial charge in [0.1, 0.15) is 0 Å². The topological polar surface area (TPSA) is 41.6 Å². The van der Waals surface area contributed by atoms with Crippen molar-refractivity contribution in [2.24, 2.45) is 0 Å². The van der Waals surface area contributed by atoms with E-state index in [4.69, 9.17) is 0 Å². The number of aromatic amines is 1. The number of aromatic nitrogens is 3. The summed E-state index contributed by atoms with van der Waals surface area (Å²) in [5.41, 5.74) is 5.73. The van der Waals surface area contributed by atoms with E-state index in [-0.39, 0.29) is 0 Å². The summed E-state index contributed by atoms with van der Waals surface area (Å²) in [6.07, 6.45) is 6.53. The van der Waals surface area contributed by atoms with Gasteiger partial charge in [-0.25, -0.2) is 0 Å². The summed E-state index contributed by atoms with van der Waals surface area (Å²) >= 11 is 0. The van der Waals surface area contributed by atoms with Crippen molar-refractivity contribution in [3.05, 3.63) is 72.2 Å². The lowest BCUT2D eigenvalue weighted by molar-refractivity contribution is 0.779. The van der Waals surface area contributed by atoms with E-state index < -0.39 is 0 Å². The second-order valence-electron chi connectivity index (χ2n) is 5.59. The Hall–Kier alpha value is -2.68. The average molecular weight is 287 g/mol. The second kappa shape index (κ2) is 5.26. The molecule has 0 spiro atoms. The molecule has 3 heteroatoms. The molecule has 0 radical (unpaired) electrons. The summed E-state index contributed by atoms with van der Waals surface area (Å²) in [6, 6.07) is 15.2. The zero-order valence-corrected chi connectivity index (χ0v) is 12.5. The van der Waals surface area contributed by atoms with Gasteiger partial charge in [0.2, 0.25) is 0 Å². The monoisotopic (exact) mass is 287 g/mol. The van der Waals surface area contributed by atoms with Gasteiger partial charge in [0.05, 0.1) is 11.0 Å². The Morgan fingerprint density at radius 1 is 0.909 bits per heavy atom. The van der Waals surface area contributed by atoms with Crippen molar-refractivity contribution >= 4 is 21.9 Å². The first-order chi connectivity index (χ1) is 10.8. The van der Waals surface area contributed by atoms with Crippen LogP contribution in [0.25, 0.3) is 21.9 Å². The van der Waals surface area contributed by atoms with Gasteiger partial charge in [-0.2, -0.15) is 0 Å². The molecule has 0 saturated heterocycles. The first-order valence-corrected chi connectivity index (χ1v) is 7.63. The predicted molar refractivity (Wildman–Crippen MR) is 90.0 cm³/mol. The molecule has 0 aliphatic heterocycles. The van der Waals surface area contributed by atoms with Crippen LogP contribution in [0.3, 0.4) is 0 Å². The molecule has 2 aromatic carbocycles. The summed E-state index contributed by atoms with van der Waals surface area (Å²) in [5.74, 6) is 0.380. The van der Waals surface area contributed by atoms with E-state index in [1.165, 1.54) is 22.0 Å². The molecular weight excluding hydrogens is 270 g/mol. The van der Waals surface area contributed by atoms with Crippen molar-refractivity contribution < 1.29 is 0 Å². The van der Waals surface area contributed by atoms with Crippen LogP contribution in [0.2, 0.25) is 0 Å².